The van der Waals surface area contributed by atoms with E-state index in [1.807, 2.05) is 6.92 Å². The van der Waals surface area contributed by atoms with Crippen molar-refractivity contribution in [1.29, 1.82) is 0 Å². The van der Waals surface area contributed by atoms with E-state index >= 15 is 0 Å². The number of halogens is 1. The summed E-state index contributed by atoms with van der Waals surface area (Å²) in [5.41, 5.74) is 3.24. The van der Waals surface area contributed by atoms with Crippen LogP contribution in [0.3, 0.4) is 0 Å². The number of thiophene rings is 1. The molecule has 19 heavy (non-hydrogen) atoms. The summed E-state index contributed by atoms with van der Waals surface area (Å²) >= 11 is 1.73. The van der Waals surface area contributed by atoms with Gasteiger partial charge in [0.05, 0.1) is 6.04 Å². The van der Waals surface area contributed by atoms with Gasteiger partial charge in [0, 0.05) is 4.88 Å². The molecule has 0 radical (unpaired) electrons. The summed E-state index contributed by atoms with van der Waals surface area (Å²) in [6, 6.07) is 7.48. The van der Waals surface area contributed by atoms with Crippen LogP contribution in [0, 0.1) is 19.7 Å². The predicted molar refractivity (Wildman–Crippen MR) is 80.3 cm³/mol. The summed E-state index contributed by atoms with van der Waals surface area (Å²) in [7, 11) is 0. The minimum atomic E-state index is -0.160. The molecule has 1 nitrogen and oxygen atoms in total. The SMILES string of the molecule is CCCNC(c1cc(C)cc(F)c1)c1sccc1C. The first kappa shape index (κ1) is 14.2. The van der Waals surface area contributed by atoms with Crippen molar-refractivity contribution in [2.75, 3.05) is 6.54 Å². The van der Waals surface area contributed by atoms with Crippen molar-refractivity contribution < 1.29 is 4.39 Å². The zero-order valence-corrected chi connectivity index (χ0v) is 12.5. The van der Waals surface area contributed by atoms with Gasteiger partial charge >= 0.3 is 0 Å². The number of rotatable bonds is 5. The monoisotopic (exact) mass is 277 g/mol. The fraction of sp³-hybridized carbons (Fsp3) is 0.375. The van der Waals surface area contributed by atoms with Gasteiger partial charge in [0.1, 0.15) is 5.82 Å². The minimum absolute atomic E-state index is 0.0920. The molecule has 1 N–H and O–H groups in total. The van der Waals surface area contributed by atoms with Crippen LogP contribution >= 0.6 is 11.3 Å². The highest BCUT2D eigenvalue weighted by molar-refractivity contribution is 7.10. The molecule has 2 rings (SSSR count). The number of nitrogens with one attached hydrogen (secondary N) is 1. The Hall–Kier alpha value is -1.19. The van der Waals surface area contributed by atoms with Gasteiger partial charge in [-0.2, -0.15) is 0 Å². The van der Waals surface area contributed by atoms with Gasteiger partial charge in [0.15, 0.2) is 0 Å². The van der Waals surface area contributed by atoms with Crippen molar-refractivity contribution in [1.82, 2.24) is 5.32 Å². The van der Waals surface area contributed by atoms with Crippen molar-refractivity contribution in [3.63, 3.8) is 0 Å². The van der Waals surface area contributed by atoms with Crippen LogP contribution < -0.4 is 5.32 Å². The van der Waals surface area contributed by atoms with E-state index in [4.69, 9.17) is 0 Å². The molecule has 1 aromatic carbocycles. The smallest absolute Gasteiger partial charge is 0.123 e. The fourth-order valence-electron chi connectivity index (χ4n) is 2.26. The first-order valence-electron chi connectivity index (χ1n) is 6.66. The quantitative estimate of drug-likeness (QED) is 0.842. The Kier molecular flexibility index (Phi) is 4.72. The molecule has 1 heterocycles. The lowest BCUT2D eigenvalue weighted by Crippen LogP contribution is -2.23. The second kappa shape index (κ2) is 6.31. The average molecular weight is 277 g/mol. The van der Waals surface area contributed by atoms with Crippen LogP contribution in [-0.4, -0.2) is 6.54 Å². The van der Waals surface area contributed by atoms with Gasteiger partial charge in [-0.05, 0) is 67.1 Å². The molecule has 2 aromatic rings. The Morgan fingerprint density at radius 2 is 2.05 bits per heavy atom. The number of benzene rings is 1. The summed E-state index contributed by atoms with van der Waals surface area (Å²) < 4.78 is 13.6. The third-order valence-corrected chi connectivity index (χ3v) is 4.24. The highest BCUT2D eigenvalue weighted by Gasteiger charge is 2.17. The average Bonchev–Trinajstić information content (AvgIpc) is 2.75. The Balaban J connectivity index is 2.39. The molecule has 1 unspecified atom stereocenters. The molecule has 102 valence electrons. The van der Waals surface area contributed by atoms with Crippen LogP contribution in [0.15, 0.2) is 29.6 Å². The summed E-state index contributed by atoms with van der Waals surface area (Å²) in [5.74, 6) is -0.160. The van der Waals surface area contributed by atoms with Gasteiger partial charge in [-0.1, -0.05) is 13.0 Å². The van der Waals surface area contributed by atoms with Gasteiger partial charge < -0.3 is 5.32 Å². The Labute approximate surface area is 118 Å². The zero-order valence-electron chi connectivity index (χ0n) is 11.7. The minimum Gasteiger partial charge on any atom is -0.306 e. The van der Waals surface area contributed by atoms with E-state index in [1.54, 1.807) is 23.5 Å². The first-order valence-corrected chi connectivity index (χ1v) is 7.54. The lowest BCUT2D eigenvalue weighted by molar-refractivity contribution is 0.588. The largest absolute Gasteiger partial charge is 0.306 e. The van der Waals surface area contributed by atoms with Crippen molar-refractivity contribution in [2.45, 2.75) is 33.2 Å². The van der Waals surface area contributed by atoms with E-state index in [9.17, 15) is 4.39 Å². The van der Waals surface area contributed by atoms with E-state index in [0.717, 1.165) is 24.1 Å². The molecule has 1 aromatic heterocycles. The molecule has 0 aliphatic carbocycles. The lowest BCUT2D eigenvalue weighted by atomic mass is 10.0. The van der Waals surface area contributed by atoms with E-state index in [2.05, 4.69) is 36.7 Å². The molecular weight excluding hydrogens is 257 g/mol. The summed E-state index contributed by atoms with van der Waals surface area (Å²) in [4.78, 5) is 1.28. The molecule has 0 saturated heterocycles. The molecule has 0 bridgehead atoms. The second-order valence-corrected chi connectivity index (χ2v) is 5.86. The molecular formula is C16H20FNS. The third kappa shape index (κ3) is 3.43. The third-order valence-electron chi connectivity index (χ3n) is 3.16. The van der Waals surface area contributed by atoms with Crippen molar-refractivity contribution in [3.8, 4) is 0 Å². The second-order valence-electron chi connectivity index (χ2n) is 4.92. The van der Waals surface area contributed by atoms with Crippen molar-refractivity contribution in [3.05, 3.63) is 57.0 Å². The van der Waals surface area contributed by atoms with E-state index in [1.165, 1.54) is 10.4 Å². The summed E-state index contributed by atoms with van der Waals surface area (Å²) in [6.07, 6.45) is 1.06. The lowest BCUT2D eigenvalue weighted by Gasteiger charge is -2.19. The Bertz CT molecular complexity index is 527. The van der Waals surface area contributed by atoms with Crippen LogP contribution in [-0.2, 0) is 0 Å². The maximum absolute atomic E-state index is 13.6. The number of hydrogen-bond donors (Lipinski definition) is 1. The molecule has 1 atom stereocenters. The van der Waals surface area contributed by atoms with Crippen LogP contribution in [0.2, 0.25) is 0 Å². The van der Waals surface area contributed by atoms with E-state index < -0.39 is 0 Å². The molecule has 3 heteroatoms. The van der Waals surface area contributed by atoms with Gasteiger partial charge in [-0.3, -0.25) is 0 Å². The molecule has 0 amide bonds. The number of hydrogen-bond acceptors (Lipinski definition) is 2. The van der Waals surface area contributed by atoms with Gasteiger partial charge in [-0.25, -0.2) is 4.39 Å². The Morgan fingerprint density at radius 1 is 1.26 bits per heavy atom. The molecule has 0 aliphatic heterocycles. The zero-order chi connectivity index (χ0) is 13.8. The fourth-order valence-corrected chi connectivity index (χ4v) is 3.29. The maximum atomic E-state index is 13.6. The van der Waals surface area contributed by atoms with Gasteiger partial charge in [-0.15, -0.1) is 11.3 Å². The Morgan fingerprint density at radius 3 is 2.63 bits per heavy atom. The molecule has 0 spiro atoms. The molecule has 0 saturated carbocycles. The van der Waals surface area contributed by atoms with Gasteiger partial charge in [0.2, 0.25) is 0 Å². The highest BCUT2D eigenvalue weighted by atomic mass is 32.1. The predicted octanol–water partition coefficient (Wildman–Crippen LogP) is 4.59. The van der Waals surface area contributed by atoms with Crippen molar-refractivity contribution in [2.24, 2.45) is 0 Å². The van der Waals surface area contributed by atoms with Crippen LogP contribution in [0.4, 0.5) is 4.39 Å². The highest BCUT2D eigenvalue weighted by Crippen LogP contribution is 2.30. The van der Waals surface area contributed by atoms with Crippen LogP contribution in [0.1, 0.15) is 41.0 Å². The normalized spacial score (nSPS) is 12.6. The van der Waals surface area contributed by atoms with E-state index in [-0.39, 0.29) is 11.9 Å². The number of aryl methyl sites for hydroxylation is 2. The summed E-state index contributed by atoms with van der Waals surface area (Å²) in [5, 5.41) is 5.62. The maximum Gasteiger partial charge on any atom is 0.123 e. The van der Waals surface area contributed by atoms with Gasteiger partial charge in [0.25, 0.3) is 0 Å². The standard InChI is InChI=1S/C16H20FNS/c1-4-6-18-15(16-12(3)5-7-19-16)13-8-11(2)9-14(17)10-13/h5,7-10,15,18H,4,6H2,1-3H3. The van der Waals surface area contributed by atoms with Crippen LogP contribution in [0.25, 0.3) is 0 Å². The first-order chi connectivity index (χ1) is 9.11. The van der Waals surface area contributed by atoms with Crippen molar-refractivity contribution >= 4 is 11.3 Å². The molecule has 0 fully saturated rings. The molecule has 0 aliphatic rings. The van der Waals surface area contributed by atoms with E-state index in [0.29, 0.717) is 0 Å². The van der Waals surface area contributed by atoms with Crippen LogP contribution in [0.5, 0.6) is 0 Å². The topological polar surface area (TPSA) is 12.0 Å². The summed E-state index contributed by atoms with van der Waals surface area (Å²) in [6.45, 7) is 7.11.